The minimum Gasteiger partial charge on any atom is -0.395 e. The van der Waals surface area contributed by atoms with Gasteiger partial charge in [0, 0.05) is 56.9 Å². The molecule has 0 spiro atoms. The van der Waals surface area contributed by atoms with Crippen LogP contribution < -0.4 is 10.9 Å². The van der Waals surface area contributed by atoms with Crippen molar-refractivity contribution in [1.29, 1.82) is 0 Å². The number of aliphatic hydroxyl groups is 1. The van der Waals surface area contributed by atoms with E-state index in [4.69, 9.17) is 16.7 Å². The Hall–Kier alpha value is -2.46. The summed E-state index contributed by atoms with van der Waals surface area (Å²) >= 11 is 5.90. The maximum Gasteiger partial charge on any atom is 0.274 e. The third-order valence-corrected chi connectivity index (χ3v) is 5.28. The van der Waals surface area contributed by atoms with Crippen LogP contribution in [-0.4, -0.2) is 73.8 Å². The van der Waals surface area contributed by atoms with Gasteiger partial charge in [-0.25, -0.2) is 4.98 Å². The molecule has 154 valence electrons. The van der Waals surface area contributed by atoms with Gasteiger partial charge in [0.15, 0.2) is 0 Å². The Morgan fingerprint density at radius 1 is 1.10 bits per heavy atom. The normalized spacial score (nSPS) is 15.8. The summed E-state index contributed by atoms with van der Waals surface area (Å²) in [6, 6.07) is 9.08. The molecule has 9 nitrogen and oxygen atoms in total. The van der Waals surface area contributed by atoms with Crippen molar-refractivity contribution in [2.24, 2.45) is 0 Å². The number of aliphatic hydroxyl groups excluding tert-OH is 1. The van der Waals surface area contributed by atoms with Gasteiger partial charge in [-0.2, -0.15) is 9.50 Å². The molecule has 0 atom stereocenters. The second-order valence-corrected chi connectivity index (χ2v) is 7.55. The van der Waals surface area contributed by atoms with Gasteiger partial charge in [-0.15, -0.1) is 0 Å². The molecule has 0 radical (unpaired) electrons. The van der Waals surface area contributed by atoms with Gasteiger partial charge in [0.1, 0.15) is 0 Å². The number of nitrogens with zero attached hydrogens (tertiary/aromatic N) is 5. The third-order valence-electron chi connectivity index (χ3n) is 5.02. The van der Waals surface area contributed by atoms with Crippen molar-refractivity contribution in [2.45, 2.75) is 13.1 Å². The zero-order valence-corrected chi connectivity index (χ0v) is 16.8. The summed E-state index contributed by atoms with van der Waals surface area (Å²) in [6.07, 6.45) is 0. The molecule has 0 unspecified atom stereocenters. The standard InChI is InChI=1S/C19H24ClN7O2/c20-15-3-1-14(2-4-15)12-21-18-23-19-22-16(11-17(29)27(19)24-18)13-26-7-5-25(6-8-26)9-10-28/h1-4,11,28H,5-10,12-13H2,(H2,21,22,23,24). The molecule has 2 aromatic heterocycles. The number of rotatable bonds is 7. The topological polar surface area (TPSA) is 102 Å². The first kappa shape index (κ1) is 19.8. The van der Waals surface area contributed by atoms with Gasteiger partial charge in [-0.3, -0.25) is 19.7 Å². The van der Waals surface area contributed by atoms with Crippen LogP contribution in [0.5, 0.6) is 0 Å². The fourth-order valence-electron chi connectivity index (χ4n) is 3.42. The Labute approximate surface area is 172 Å². The van der Waals surface area contributed by atoms with Crippen molar-refractivity contribution in [1.82, 2.24) is 29.4 Å². The molecule has 0 saturated carbocycles. The molecular formula is C19H24ClN7O2. The van der Waals surface area contributed by atoms with Gasteiger partial charge in [-0.1, -0.05) is 23.7 Å². The lowest BCUT2D eigenvalue weighted by Gasteiger charge is -2.34. The Morgan fingerprint density at radius 3 is 2.55 bits per heavy atom. The van der Waals surface area contributed by atoms with Crippen molar-refractivity contribution < 1.29 is 5.11 Å². The highest BCUT2D eigenvalue weighted by Crippen LogP contribution is 2.11. The molecule has 0 amide bonds. The molecule has 3 N–H and O–H groups in total. The van der Waals surface area contributed by atoms with Crippen molar-refractivity contribution >= 4 is 23.3 Å². The minimum atomic E-state index is -0.184. The molecule has 0 aliphatic carbocycles. The van der Waals surface area contributed by atoms with E-state index in [1.807, 2.05) is 24.3 Å². The number of aromatic amines is 1. The van der Waals surface area contributed by atoms with E-state index in [1.54, 1.807) is 6.07 Å². The van der Waals surface area contributed by atoms with E-state index in [9.17, 15) is 4.79 Å². The predicted octanol–water partition coefficient (Wildman–Crippen LogP) is 0.793. The lowest BCUT2D eigenvalue weighted by molar-refractivity contribution is 0.107. The first-order valence-corrected chi connectivity index (χ1v) is 10.0. The van der Waals surface area contributed by atoms with Gasteiger partial charge in [0.05, 0.1) is 12.3 Å². The highest BCUT2D eigenvalue weighted by atomic mass is 35.5. The molecule has 3 aromatic rings. The Balaban J connectivity index is 1.42. The predicted molar refractivity (Wildman–Crippen MR) is 111 cm³/mol. The SMILES string of the molecule is O=c1cc(CN2CCN(CCO)CC2)nc2nc(NCc3ccc(Cl)cc3)[nH]n12. The van der Waals surface area contributed by atoms with Crippen LogP contribution in [0.3, 0.4) is 0 Å². The van der Waals surface area contributed by atoms with Crippen molar-refractivity contribution in [3.8, 4) is 0 Å². The maximum atomic E-state index is 12.5. The van der Waals surface area contributed by atoms with Crippen molar-refractivity contribution in [2.75, 3.05) is 44.6 Å². The van der Waals surface area contributed by atoms with Crippen molar-refractivity contribution in [3.63, 3.8) is 0 Å². The third kappa shape index (κ3) is 4.94. The summed E-state index contributed by atoms with van der Waals surface area (Å²) in [4.78, 5) is 25.9. The number of hydrogen-bond acceptors (Lipinski definition) is 7. The largest absolute Gasteiger partial charge is 0.395 e. The van der Waals surface area contributed by atoms with Crippen molar-refractivity contribution in [3.05, 3.63) is 57.0 Å². The first-order chi connectivity index (χ1) is 14.1. The minimum absolute atomic E-state index is 0.183. The molecule has 1 saturated heterocycles. The Morgan fingerprint density at radius 2 is 1.83 bits per heavy atom. The Kier molecular flexibility index (Phi) is 6.10. The van der Waals surface area contributed by atoms with E-state index in [2.05, 4.69) is 30.2 Å². The van der Waals surface area contributed by atoms with Gasteiger partial charge in [-0.05, 0) is 17.7 Å². The molecule has 0 bridgehead atoms. The number of H-pyrrole nitrogens is 1. The fourth-order valence-corrected chi connectivity index (χ4v) is 3.54. The quantitative estimate of drug-likeness (QED) is 0.522. The number of aromatic nitrogens is 4. The van der Waals surface area contributed by atoms with E-state index in [1.165, 1.54) is 4.52 Å². The molecule has 1 aromatic carbocycles. The second-order valence-electron chi connectivity index (χ2n) is 7.11. The highest BCUT2D eigenvalue weighted by Gasteiger charge is 2.18. The zero-order valence-electron chi connectivity index (χ0n) is 16.0. The number of benzene rings is 1. The number of piperazine rings is 1. The van der Waals surface area contributed by atoms with E-state index in [0.29, 0.717) is 42.1 Å². The van der Waals surface area contributed by atoms with Gasteiger partial charge >= 0.3 is 0 Å². The van der Waals surface area contributed by atoms with Crippen LogP contribution in [-0.2, 0) is 13.1 Å². The Bertz CT molecular complexity index is 1010. The average Bonchev–Trinajstić information content (AvgIpc) is 3.13. The smallest absolute Gasteiger partial charge is 0.274 e. The van der Waals surface area contributed by atoms with E-state index < -0.39 is 0 Å². The fraction of sp³-hybridized carbons (Fsp3) is 0.421. The van der Waals surface area contributed by atoms with Gasteiger partial charge in [0.25, 0.3) is 11.3 Å². The van der Waals surface area contributed by atoms with Crippen LogP contribution in [0.1, 0.15) is 11.3 Å². The molecule has 10 heteroatoms. The van der Waals surface area contributed by atoms with Crippen LogP contribution >= 0.6 is 11.6 Å². The molecule has 1 aliphatic heterocycles. The second kappa shape index (κ2) is 8.91. The van der Waals surface area contributed by atoms with Gasteiger partial charge in [0.2, 0.25) is 5.95 Å². The number of nitrogens with one attached hydrogen (secondary N) is 2. The van der Waals surface area contributed by atoms with E-state index in [-0.39, 0.29) is 12.2 Å². The average molecular weight is 418 g/mol. The monoisotopic (exact) mass is 417 g/mol. The summed E-state index contributed by atoms with van der Waals surface area (Å²) in [5.41, 5.74) is 1.58. The van der Waals surface area contributed by atoms with Crippen LogP contribution in [0.25, 0.3) is 5.78 Å². The molecule has 29 heavy (non-hydrogen) atoms. The highest BCUT2D eigenvalue weighted by molar-refractivity contribution is 6.30. The lowest BCUT2D eigenvalue weighted by atomic mass is 10.2. The number of halogens is 1. The van der Waals surface area contributed by atoms with E-state index >= 15 is 0 Å². The maximum absolute atomic E-state index is 12.5. The number of hydrogen-bond donors (Lipinski definition) is 3. The van der Waals surface area contributed by atoms with Gasteiger partial charge < -0.3 is 10.4 Å². The number of fused-ring (bicyclic) bond motifs is 1. The molecule has 1 aliphatic rings. The lowest BCUT2D eigenvalue weighted by Crippen LogP contribution is -2.46. The van der Waals surface area contributed by atoms with Crippen LogP contribution in [0.4, 0.5) is 5.95 Å². The van der Waals surface area contributed by atoms with Crippen LogP contribution in [0.15, 0.2) is 35.1 Å². The summed E-state index contributed by atoms with van der Waals surface area (Å²) in [5, 5.41) is 15.8. The summed E-state index contributed by atoms with van der Waals surface area (Å²) in [7, 11) is 0. The zero-order chi connectivity index (χ0) is 20.2. The van der Waals surface area contributed by atoms with Crippen LogP contribution in [0, 0.1) is 0 Å². The number of anilines is 1. The van der Waals surface area contributed by atoms with E-state index in [0.717, 1.165) is 31.7 Å². The number of β-amino-alcohol motifs (C(OH)–C–C–N with tert-alkyl or cyclic N) is 1. The molecule has 3 heterocycles. The summed E-state index contributed by atoms with van der Waals surface area (Å²) in [6.45, 7) is 5.63. The summed E-state index contributed by atoms with van der Waals surface area (Å²) in [5.74, 6) is 0.837. The molecule has 4 rings (SSSR count). The van der Waals surface area contributed by atoms with Crippen LogP contribution in [0.2, 0.25) is 5.02 Å². The first-order valence-electron chi connectivity index (χ1n) is 9.63. The summed E-state index contributed by atoms with van der Waals surface area (Å²) < 4.78 is 1.34. The molecule has 1 fully saturated rings. The molecular weight excluding hydrogens is 394 g/mol.